The molecule has 4 unspecified atom stereocenters. The third-order valence-electron chi connectivity index (χ3n) is 7.16. The number of carbonyl (C=O) groups excluding carboxylic acids is 3. The Balaban J connectivity index is 1.45. The van der Waals surface area contributed by atoms with Crippen molar-refractivity contribution in [2.24, 2.45) is 11.8 Å². The molecule has 2 heterocycles. The highest BCUT2D eigenvalue weighted by Crippen LogP contribution is 2.33. The van der Waals surface area contributed by atoms with Crippen LogP contribution in [0.25, 0.3) is 0 Å². The van der Waals surface area contributed by atoms with Gasteiger partial charge in [-0.2, -0.15) is 0 Å². The van der Waals surface area contributed by atoms with Gasteiger partial charge in [0.15, 0.2) is 11.4 Å². The molecule has 10 heteroatoms. The van der Waals surface area contributed by atoms with E-state index in [1.807, 2.05) is 37.3 Å². The maximum atomic E-state index is 13.2. The quantitative estimate of drug-likeness (QED) is 0.409. The summed E-state index contributed by atoms with van der Waals surface area (Å²) in [4.78, 5) is 42.2. The van der Waals surface area contributed by atoms with Gasteiger partial charge in [0.25, 0.3) is 5.91 Å². The number of benzene rings is 1. The van der Waals surface area contributed by atoms with Crippen LogP contribution >= 0.6 is 0 Å². The average molecular weight is 555 g/mol. The molecule has 2 fully saturated rings. The van der Waals surface area contributed by atoms with Crippen LogP contribution in [0.5, 0.6) is 17.2 Å². The summed E-state index contributed by atoms with van der Waals surface area (Å²) in [6, 6.07) is 10.2. The normalized spacial score (nSPS) is 23.1. The zero-order chi connectivity index (χ0) is 28.5. The molecule has 1 aromatic heterocycles. The number of hydrogen-bond acceptors (Lipinski definition) is 9. The predicted molar refractivity (Wildman–Crippen MR) is 145 cm³/mol. The molecule has 1 saturated carbocycles. The summed E-state index contributed by atoms with van der Waals surface area (Å²) in [7, 11) is 1.39. The molecule has 1 aromatic carbocycles. The fraction of sp³-hybridized carbons (Fsp3) is 0.533. The minimum Gasteiger partial charge on any atom is -0.494 e. The maximum absolute atomic E-state index is 13.2. The molecular weight excluding hydrogens is 516 g/mol. The van der Waals surface area contributed by atoms with Crippen molar-refractivity contribution in [1.82, 2.24) is 10.3 Å². The topological polar surface area (TPSA) is 122 Å². The Morgan fingerprint density at radius 3 is 2.58 bits per heavy atom. The number of nitrogens with zero attached hydrogens (tertiary/aromatic N) is 1. The molecule has 1 aliphatic heterocycles. The molecule has 10 nitrogen and oxygen atoms in total. The van der Waals surface area contributed by atoms with E-state index < -0.39 is 30.0 Å². The molecular formula is C30H38N2O8. The van der Waals surface area contributed by atoms with E-state index >= 15 is 0 Å². The van der Waals surface area contributed by atoms with Gasteiger partial charge in [-0.15, -0.1) is 0 Å². The number of aromatic nitrogens is 1. The first kappa shape index (κ1) is 29.3. The van der Waals surface area contributed by atoms with Crippen LogP contribution in [0.4, 0.5) is 0 Å². The lowest BCUT2D eigenvalue weighted by molar-refractivity contribution is -0.161. The predicted octanol–water partition coefficient (Wildman–Crippen LogP) is 4.11. The first-order valence-electron chi connectivity index (χ1n) is 13.9. The Kier molecular flexibility index (Phi) is 10.3. The second kappa shape index (κ2) is 14.1. The maximum Gasteiger partial charge on any atom is 0.329 e. The number of pyridine rings is 1. The molecule has 2 aromatic rings. The summed E-state index contributed by atoms with van der Waals surface area (Å²) in [5.74, 6) is -0.291. The molecule has 1 amide bonds. The lowest BCUT2D eigenvalue weighted by atomic mass is 9.89. The van der Waals surface area contributed by atoms with Gasteiger partial charge in [0.2, 0.25) is 5.75 Å². The molecule has 0 spiro atoms. The third-order valence-corrected chi connectivity index (χ3v) is 7.16. The summed E-state index contributed by atoms with van der Waals surface area (Å²) < 4.78 is 28.6. The fourth-order valence-electron chi connectivity index (χ4n) is 4.89. The number of amides is 1. The highest BCUT2D eigenvalue weighted by Gasteiger charge is 2.36. The molecule has 1 saturated heterocycles. The standard InChI is InChI=1S/C30H38N2O8/c1-19-27(38-18-21-12-13-21)22(15-17-37-23-9-5-4-6-10-23)8-7-11-24(30(35)39-19)32-29(34)26-28(40-20(2)33)25(36-3)14-16-31-26/h4-6,9-10,14,16,19,21-22,24,27H,7-8,11-13,15,17-18H2,1-3H3,(H,32,34). The Bertz CT molecular complexity index is 1150. The average Bonchev–Trinajstić information content (AvgIpc) is 3.76. The molecule has 0 radical (unpaired) electrons. The SMILES string of the molecule is COc1ccnc(C(=O)NC2CCCC(CCOc3ccccc3)C(OCC3CC3)C(C)OC2=O)c1OC(C)=O. The van der Waals surface area contributed by atoms with Crippen molar-refractivity contribution >= 4 is 17.8 Å². The van der Waals surface area contributed by atoms with Gasteiger partial charge in [-0.05, 0) is 63.0 Å². The Labute approximate surface area is 234 Å². The molecule has 4 rings (SSSR count). The van der Waals surface area contributed by atoms with Crippen molar-refractivity contribution in [1.29, 1.82) is 0 Å². The fourth-order valence-corrected chi connectivity index (χ4v) is 4.89. The van der Waals surface area contributed by atoms with Crippen LogP contribution in [-0.4, -0.2) is 61.4 Å². The lowest BCUT2D eigenvalue weighted by Gasteiger charge is -2.31. The number of ether oxygens (including phenoxy) is 5. The van der Waals surface area contributed by atoms with Gasteiger partial charge < -0.3 is 29.0 Å². The molecule has 216 valence electrons. The van der Waals surface area contributed by atoms with Crippen LogP contribution in [0.2, 0.25) is 0 Å². The third kappa shape index (κ3) is 8.17. The number of para-hydroxylation sites is 1. The van der Waals surface area contributed by atoms with Gasteiger partial charge >= 0.3 is 11.9 Å². The second-order valence-electron chi connectivity index (χ2n) is 10.3. The van der Waals surface area contributed by atoms with E-state index in [1.165, 1.54) is 26.3 Å². The molecule has 0 bridgehead atoms. The lowest BCUT2D eigenvalue weighted by Crippen LogP contribution is -2.44. The number of nitrogens with one attached hydrogen (secondary N) is 1. The van der Waals surface area contributed by atoms with Gasteiger partial charge in [-0.3, -0.25) is 9.59 Å². The Morgan fingerprint density at radius 1 is 1.10 bits per heavy atom. The molecule has 4 atom stereocenters. The van der Waals surface area contributed by atoms with E-state index in [0.717, 1.165) is 31.4 Å². The number of cyclic esters (lactones) is 1. The van der Waals surface area contributed by atoms with E-state index in [4.69, 9.17) is 23.7 Å². The molecule has 40 heavy (non-hydrogen) atoms. The van der Waals surface area contributed by atoms with Gasteiger partial charge in [0.1, 0.15) is 17.9 Å². The van der Waals surface area contributed by atoms with Crippen LogP contribution in [-0.2, 0) is 19.1 Å². The first-order valence-corrected chi connectivity index (χ1v) is 13.9. The highest BCUT2D eigenvalue weighted by molar-refractivity contribution is 5.98. The van der Waals surface area contributed by atoms with Crippen LogP contribution in [0.3, 0.4) is 0 Å². The van der Waals surface area contributed by atoms with Gasteiger partial charge in [0, 0.05) is 25.8 Å². The highest BCUT2D eigenvalue weighted by atomic mass is 16.6. The van der Waals surface area contributed by atoms with Crippen LogP contribution < -0.4 is 19.5 Å². The molecule has 1 N–H and O–H groups in total. The minimum absolute atomic E-state index is 0.105. The van der Waals surface area contributed by atoms with Gasteiger partial charge in [0.05, 0.1) is 19.8 Å². The Hall–Kier alpha value is -3.66. The van der Waals surface area contributed by atoms with Crippen molar-refractivity contribution in [3.8, 4) is 17.2 Å². The van der Waals surface area contributed by atoms with Crippen molar-refractivity contribution in [3.05, 3.63) is 48.3 Å². The summed E-state index contributed by atoms with van der Waals surface area (Å²) in [5, 5.41) is 2.73. The summed E-state index contributed by atoms with van der Waals surface area (Å²) in [6.07, 6.45) is 5.43. The van der Waals surface area contributed by atoms with Crippen molar-refractivity contribution in [2.75, 3.05) is 20.3 Å². The number of hydrogen-bond donors (Lipinski definition) is 1. The number of carbonyl (C=O) groups is 3. The first-order chi connectivity index (χ1) is 19.4. The van der Waals surface area contributed by atoms with E-state index in [2.05, 4.69) is 10.3 Å². The van der Waals surface area contributed by atoms with Gasteiger partial charge in [-0.25, -0.2) is 9.78 Å². The molecule has 1 aliphatic carbocycles. The summed E-state index contributed by atoms with van der Waals surface area (Å²) in [6.45, 7) is 4.21. The van der Waals surface area contributed by atoms with Crippen molar-refractivity contribution < 1.29 is 38.1 Å². The molecule has 2 aliphatic rings. The number of rotatable bonds is 11. The smallest absolute Gasteiger partial charge is 0.329 e. The second-order valence-corrected chi connectivity index (χ2v) is 10.3. The minimum atomic E-state index is -0.906. The summed E-state index contributed by atoms with van der Waals surface area (Å²) >= 11 is 0. The van der Waals surface area contributed by atoms with E-state index in [9.17, 15) is 14.4 Å². The zero-order valence-electron chi connectivity index (χ0n) is 23.3. The van der Waals surface area contributed by atoms with Crippen molar-refractivity contribution in [2.45, 2.75) is 70.6 Å². The van der Waals surface area contributed by atoms with Crippen LogP contribution in [0.15, 0.2) is 42.6 Å². The summed E-state index contributed by atoms with van der Waals surface area (Å²) in [5.41, 5.74) is -0.156. The monoisotopic (exact) mass is 554 g/mol. The van der Waals surface area contributed by atoms with Crippen LogP contribution in [0, 0.1) is 11.8 Å². The van der Waals surface area contributed by atoms with Gasteiger partial charge in [-0.1, -0.05) is 24.6 Å². The number of methoxy groups -OCH3 is 1. The Morgan fingerprint density at radius 2 is 1.88 bits per heavy atom. The number of esters is 2. The zero-order valence-corrected chi connectivity index (χ0v) is 23.3. The van der Waals surface area contributed by atoms with E-state index in [1.54, 1.807) is 0 Å². The van der Waals surface area contributed by atoms with E-state index in [-0.39, 0.29) is 29.2 Å². The van der Waals surface area contributed by atoms with Crippen LogP contribution in [0.1, 0.15) is 62.9 Å². The van der Waals surface area contributed by atoms with E-state index in [0.29, 0.717) is 32.0 Å². The van der Waals surface area contributed by atoms with Crippen molar-refractivity contribution in [3.63, 3.8) is 0 Å². The largest absolute Gasteiger partial charge is 0.494 e.